The molecule has 1 aliphatic rings. The highest BCUT2D eigenvalue weighted by atomic mass is 16.5. The Kier molecular flexibility index (Phi) is 7.18. The Morgan fingerprint density at radius 2 is 1.49 bits per heavy atom. The summed E-state index contributed by atoms with van der Waals surface area (Å²) >= 11 is 0. The average Bonchev–Trinajstić information content (AvgIpc) is 3.03. The quantitative estimate of drug-likeness (QED) is 0.197. The van der Waals surface area contributed by atoms with Crippen molar-refractivity contribution in [3.05, 3.63) is 138 Å². The maximum atomic E-state index is 13.1. The van der Waals surface area contributed by atoms with Gasteiger partial charge in [-0.25, -0.2) is 4.98 Å². The number of aliphatic hydroxyl groups is 1. The molecule has 1 aromatic heterocycles. The number of ether oxygens (including phenoxy) is 1. The summed E-state index contributed by atoms with van der Waals surface area (Å²) in [5, 5.41) is 16.2. The number of hydrogen-bond donors (Lipinski definition) is 1. The van der Waals surface area contributed by atoms with E-state index in [1.165, 1.54) is 0 Å². The van der Waals surface area contributed by atoms with Gasteiger partial charge in [-0.1, -0.05) is 91.0 Å². The fraction of sp³-hybridized carbons (Fsp3) is 0.205. The predicted octanol–water partition coefficient (Wildman–Crippen LogP) is 8.91. The maximum Gasteiger partial charge on any atom is 0.223 e. The minimum Gasteiger partial charge on any atom is -0.438 e. The molecule has 4 heteroatoms. The fourth-order valence-corrected chi connectivity index (χ4v) is 6.62. The van der Waals surface area contributed by atoms with Crippen LogP contribution < -0.4 is 4.74 Å². The third kappa shape index (κ3) is 5.18. The molecule has 5 aromatic carbocycles. The van der Waals surface area contributed by atoms with Crippen molar-refractivity contribution >= 4 is 21.7 Å². The van der Waals surface area contributed by atoms with Crippen LogP contribution in [0.3, 0.4) is 0 Å². The van der Waals surface area contributed by atoms with Gasteiger partial charge in [0.25, 0.3) is 0 Å². The summed E-state index contributed by atoms with van der Waals surface area (Å²) in [6.07, 6.45) is 2.49. The Hall–Kier alpha value is -4.51. The van der Waals surface area contributed by atoms with E-state index in [-0.39, 0.29) is 5.92 Å². The Balaban J connectivity index is 1.48. The number of unbranched alkanes of at least 4 members (excludes halogenated alkanes) is 1. The molecule has 1 aliphatic heterocycles. The number of fused-ring (bicyclic) bond motifs is 6. The standard InChI is InChI=1S/C39H36N2O2/c1-41(2)22-12-11-21-39(42)32-24-30-17-9-10-18-33(30)36(26-32)43-38-34(37(39)28-15-7-4-8-16-28)25-31-23-29(19-20-35(31)40-38)27-13-5-3-6-14-27/h3-10,13-20,23-26,37,42H,11-12,21-22H2,1-2H3. The van der Waals surface area contributed by atoms with Gasteiger partial charge in [0, 0.05) is 22.3 Å². The van der Waals surface area contributed by atoms with Gasteiger partial charge in [-0.3, -0.25) is 0 Å². The molecule has 1 N–H and O–H groups in total. The van der Waals surface area contributed by atoms with Crippen molar-refractivity contribution in [2.75, 3.05) is 20.6 Å². The molecule has 43 heavy (non-hydrogen) atoms. The lowest BCUT2D eigenvalue weighted by Crippen LogP contribution is -2.36. The maximum absolute atomic E-state index is 13.1. The molecule has 0 aliphatic carbocycles. The van der Waals surface area contributed by atoms with Gasteiger partial charge in [0.2, 0.25) is 5.88 Å². The molecule has 0 spiro atoms. The third-order valence-corrected chi connectivity index (χ3v) is 8.78. The monoisotopic (exact) mass is 564 g/mol. The number of nitrogens with zero attached hydrogens (tertiary/aromatic N) is 2. The number of benzene rings is 5. The van der Waals surface area contributed by atoms with Crippen molar-refractivity contribution in [1.29, 1.82) is 0 Å². The molecule has 0 saturated carbocycles. The van der Waals surface area contributed by atoms with Crippen LogP contribution >= 0.6 is 0 Å². The smallest absolute Gasteiger partial charge is 0.223 e. The lowest BCUT2D eigenvalue weighted by Gasteiger charge is -2.40. The summed E-state index contributed by atoms with van der Waals surface area (Å²) in [5.74, 6) is 0.887. The first kappa shape index (κ1) is 27.3. The van der Waals surface area contributed by atoms with E-state index in [1.807, 2.05) is 30.3 Å². The van der Waals surface area contributed by atoms with Gasteiger partial charge in [-0.05, 0) is 97.9 Å². The molecule has 214 valence electrons. The molecule has 0 fully saturated rings. The van der Waals surface area contributed by atoms with Gasteiger partial charge < -0.3 is 14.7 Å². The normalized spacial score (nSPS) is 17.8. The molecule has 0 saturated heterocycles. The molecule has 2 unspecified atom stereocenters. The van der Waals surface area contributed by atoms with E-state index >= 15 is 0 Å². The van der Waals surface area contributed by atoms with E-state index in [1.54, 1.807) is 0 Å². The molecule has 2 atom stereocenters. The van der Waals surface area contributed by atoms with Gasteiger partial charge in [0.1, 0.15) is 11.4 Å². The Labute approximate surface area is 253 Å². The molecular weight excluding hydrogens is 528 g/mol. The van der Waals surface area contributed by atoms with Crippen LogP contribution in [0, 0.1) is 0 Å². The minimum atomic E-state index is -1.18. The second-order valence-corrected chi connectivity index (χ2v) is 12.0. The number of hydrogen-bond acceptors (Lipinski definition) is 4. The Morgan fingerprint density at radius 1 is 0.744 bits per heavy atom. The zero-order valence-electron chi connectivity index (χ0n) is 24.7. The van der Waals surface area contributed by atoms with Gasteiger partial charge in [0.15, 0.2) is 0 Å². The minimum absolute atomic E-state index is 0.380. The van der Waals surface area contributed by atoms with Gasteiger partial charge in [0.05, 0.1) is 5.52 Å². The highest BCUT2D eigenvalue weighted by Gasteiger charge is 2.43. The van der Waals surface area contributed by atoms with E-state index in [4.69, 9.17) is 9.72 Å². The summed E-state index contributed by atoms with van der Waals surface area (Å²) in [4.78, 5) is 7.34. The highest BCUT2D eigenvalue weighted by molar-refractivity contribution is 5.90. The van der Waals surface area contributed by atoms with Crippen molar-refractivity contribution in [3.8, 4) is 22.8 Å². The third-order valence-electron chi connectivity index (χ3n) is 8.78. The number of aromatic nitrogens is 1. The second-order valence-electron chi connectivity index (χ2n) is 12.0. The van der Waals surface area contributed by atoms with Gasteiger partial charge in [-0.2, -0.15) is 0 Å². The summed E-state index contributed by atoms with van der Waals surface area (Å²) < 4.78 is 6.75. The molecule has 7 rings (SSSR count). The van der Waals surface area contributed by atoms with E-state index in [0.29, 0.717) is 12.3 Å². The van der Waals surface area contributed by atoms with Crippen LogP contribution in [0.25, 0.3) is 32.8 Å². The number of pyridine rings is 1. The first-order valence-corrected chi connectivity index (χ1v) is 15.1. The zero-order valence-corrected chi connectivity index (χ0v) is 24.7. The Morgan fingerprint density at radius 3 is 2.28 bits per heavy atom. The van der Waals surface area contributed by atoms with Crippen LogP contribution in [-0.4, -0.2) is 35.6 Å². The average molecular weight is 565 g/mol. The van der Waals surface area contributed by atoms with Crippen molar-refractivity contribution < 1.29 is 9.84 Å². The summed E-state index contributed by atoms with van der Waals surface area (Å²) in [6, 6.07) is 41.8. The molecule has 4 nitrogen and oxygen atoms in total. The van der Waals surface area contributed by atoms with Crippen LogP contribution in [0.5, 0.6) is 11.6 Å². The lowest BCUT2D eigenvalue weighted by atomic mass is 9.70. The molecule has 2 heterocycles. The van der Waals surface area contributed by atoms with Crippen LogP contribution in [0.1, 0.15) is 41.9 Å². The number of rotatable bonds is 7. The highest BCUT2D eigenvalue weighted by Crippen LogP contribution is 2.52. The van der Waals surface area contributed by atoms with Gasteiger partial charge >= 0.3 is 0 Å². The largest absolute Gasteiger partial charge is 0.438 e. The van der Waals surface area contributed by atoms with Crippen LogP contribution in [-0.2, 0) is 5.60 Å². The fourth-order valence-electron chi connectivity index (χ4n) is 6.62. The lowest BCUT2D eigenvalue weighted by molar-refractivity contribution is 0.00610. The first-order valence-electron chi connectivity index (χ1n) is 15.1. The van der Waals surface area contributed by atoms with Crippen LogP contribution in [0.15, 0.2) is 121 Å². The van der Waals surface area contributed by atoms with E-state index < -0.39 is 5.60 Å². The summed E-state index contributed by atoms with van der Waals surface area (Å²) in [7, 11) is 4.20. The van der Waals surface area contributed by atoms with E-state index in [9.17, 15) is 5.11 Å². The van der Waals surface area contributed by atoms with Crippen LogP contribution in [0.4, 0.5) is 0 Å². The van der Waals surface area contributed by atoms with E-state index in [0.717, 1.165) is 74.6 Å². The predicted molar refractivity (Wildman–Crippen MR) is 176 cm³/mol. The van der Waals surface area contributed by atoms with Gasteiger partial charge in [-0.15, -0.1) is 0 Å². The van der Waals surface area contributed by atoms with Crippen molar-refractivity contribution in [3.63, 3.8) is 0 Å². The molecular formula is C39H36N2O2. The molecule has 2 bridgehead atoms. The molecule has 0 amide bonds. The van der Waals surface area contributed by atoms with E-state index in [2.05, 4.69) is 110 Å². The topological polar surface area (TPSA) is 45.6 Å². The van der Waals surface area contributed by atoms with Crippen molar-refractivity contribution in [2.45, 2.75) is 30.8 Å². The van der Waals surface area contributed by atoms with Crippen molar-refractivity contribution in [1.82, 2.24) is 9.88 Å². The molecule has 6 aromatic rings. The van der Waals surface area contributed by atoms with Crippen molar-refractivity contribution in [2.24, 2.45) is 0 Å². The zero-order chi connectivity index (χ0) is 29.4. The second kappa shape index (κ2) is 11.3. The SMILES string of the molecule is CN(C)CCCCC1(O)c2cc(c3ccccc3c2)Oc2nc3ccc(-c4ccccc4)cc3cc2C1c1ccccc1. The Bertz CT molecular complexity index is 1900. The summed E-state index contributed by atoms with van der Waals surface area (Å²) in [6.45, 7) is 0.975. The first-order chi connectivity index (χ1) is 21.0. The van der Waals surface area contributed by atoms with Crippen LogP contribution in [0.2, 0.25) is 0 Å². The summed E-state index contributed by atoms with van der Waals surface area (Å²) in [5.41, 5.74) is 4.79. The molecule has 0 radical (unpaired) electrons.